The number of carbonyl (C=O) groups is 2. The molecule has 192 valence electrons. The van der Waals surface area contributed by atoms with Crippen LogP contribution in [0.4, 0.5) is 14.9 Å². The van der Waals surface area contributed by atoms with E-state index >= 15 is 4.39 Å². The van der Waals surface area contributed by atoms with Gasteiger partial charge in [0.25, 0.3) is 5.56 Å². The van der Waals surface area contributed by atoms with Crippen LogP contribution in [0, 0.1) is 5.82 Å². The molecule has 3 aliphatic rings. The van der Waals surface area contributed by atoms with Crippen molar-refractivity contribution in [2.45, 2.75) is 64.7 Å². The highest BCUT2D eigenvalue weighted by Crippen LogP contribution is 2.44. The van der Waals surface area contributed by atoms with Crippen molar-refractivity contribution in [1.82, 2.24) is 9.55 Å². The van der Waals surface area contributed by atoms with E-state index in [-0.39, 0.29) is 48.6 Å². The molecule has 2 aliphatic heterocycles. The van der Waals surface area contributed by atoms with Gasteiger partial charge in [-0.2, -0.15) is 0 Å². The number of aromatic nitrogens is 2. The van der Waals surface area contributed by atoms with Gasteiger partial charge in [-0.15, -0.1) is 0 Å². The van der Waals surface area contributed by atoms with Crippen molar-refractivity contribution in [2.75, 3.05) is 11.9 Å². The van der Waals surface area contributed by atoms with Crippen molar-refractivity contribution in [2.24, 2.45) is 0 Å². The lowest BCUT2D eigenvalue weighted by molar-refractivity contribution is -0.172. The molecule has 2 N–H and O–H groups in total. The van der Waals surface area contributed by atoms with Crippen LogP contribution in [0.15, 0.2) is 16.9 Å². The zero-order chi connectivity index (χ0) is 26.1. The Morgan fingerprint density at radius 3 is 2.76 bits per heavy atom. The smallest absolute Gasteiger partial charge is 0.411 e. The number of nitrogens with one attached hydrogen (secondary N) is 1. The van der Waals surface area contributed by atoms with Crippen molar-refractivity contribution >= 4 is 28.7 Å². The Balaban J connectivity index is 1.55. The molecule has 4 heterocycles. The molecule has 9 nitrogen and oxygen atoms in total. The Morgan fingerprint density at radius 1 is 1.22 bits per heavy atom. The monoisotopic (exact) mass is 507 g/mol. The van der Waals surface area contributed by atoms with E-state index < -0.39 is 23.5 Å². The van der Waals surface area contributed by atoms with Gasteiger partial charge in [0.05, 0.1) is 41.3 Å². The lowest BCUT2D eigenvalue weighted by Crippen LogP contribution is -2.44. The maximum atomic E-state index is 15.3. The Kier molecular flexibility index (Phi) is 5.34. The number of halogens is 1. The number of ether oxygens (including phenoxy) is 2. The molecule has 0 spiro atoms. The molecule has 2 aromatic heterocycles. The molecule has 6 rings (SSSR count). The van der Waals surface area contributed by atoms with Crippen molar-refractivity contribution in [1.29, 1.82) is 0 Å². The number of carbonyl (C=O) groups excluding carboxylic acids is 2. The van der Waals surface area contributed by atoms with Gasteiger partial charge in [-0.3, -0.25) is 10.1 Å². The molecule has 1 aliphatic carbocycles. The van der Waals surface area contributed by atoms with Gasteiger partial charge < -0.3 is 19.1 Å². The summed E-state index contributed by atoms with van der Waals surface area (Å²) in [6.07, 6.45) is 2.01. The van der Waals surface area contributed by atoms with Crippen LogP contribution in [0.2, 0.25) is 0 Å². The molecule has 0 radical (unpaired) electrons. The fraction of sp³-hybridized carbons (Fsp3) is 0.407. The first-order valence-electron chi connectivity index (χ1n) is 12.6. The molecule has 0 saturated heterocycles. The van der Waals surface area contributed by atoms with E-state index in [0.29, 0.717) is 41.7 Å². The number of nitrogens with zero attached hydrogens (tertiary/aromatic N) is 2. The quantitative estimate of drug-likeness (QED) is 0.405. The first kappa shape index (κ1) is 23.6. The summed E-state index contributed by atoms with van der Waals surface area (Å²) in [5.74, 6) is -1.39. The zero-order valence-electron chi connectivity index (χ0n) is 20.6. The van der Waals surface area contributed by atoms with Crippen LogP contribution in [0.5, 0.6) is 0 Å². The number of amides is 1. The highest BCUT2D eigenvalue weighted by Gasteiger charge is 2.45. The number of pyridine rings is 2. The number of fused-ring (bicyclic) bond motifs is 5. The average Bonchev–Trinajstić information content (AvgIpc) is 3.26. The van der Waals surface area contributed by atoms with Gasteiger partial charge in [0.15, 0.2) is 5.60 Å². The van der Waals surface area contributed by atoms with Crippen LogP contribution >= 0.6 is 0 Å². The normalized spacial score (nSPS) is 19.2. The standard InChI is InChI=1S/C27H26FN3O6/c1-3-8-36-26(34)30-22-14-7-5-6-13-15-11-31-20(23(15)29-19(21(13)14)10-18(22)28)9-17-16(24(31)32)12-37-25(33)27(17,35)4-2/h9-10,35H,3-8,11-12H2,1-2H3,(H,30,34)/t27-/m0/s1. The molecule has 0 bridgehead atoms. The number of hydrogen-bond acceptors (Lipinski definition) is 7. The van der Waals surface area contributed by atoms with E-state index in [1.807, 2.05) is 6.92 Å². The third-order valence-electron chi connectivity index (χ3n) is 7.67. The van der Waals surface area contributed by atoms with Crippen LogP contribution < -0.4 is 10.9 Å². The van der Waals surface area contributed by atoms with E-state index in [2.05, 4.69) is 5.32 Å². The molecule has 1 aromatic carbocycles. The summed E-state index contributed by atoms with van der Waals surface area (Å²) in [5, 5.41) is 14.4. The minimum absolute atomic E-state index is 0.0516. The molecule has 37 heavy (non-hydrogen) atoms. The molecular weight excluding hydrogens is 481 g/mol. The molecule has 1 atom stereocenters. The van der Waals surface area contributed by atoms with Crippen LogP contribution in [0.3, 0.4) is 0 Å². The second-order valence-electron chi connectivity index (χ2n) is 9.74. The predicted molar refractivity (Wildman–Crippen MR) is 132 cm³/mol. The van der Waals surface area contributed by atoms with Gasteiger partial charge in [-0.05, 0) is 49.3 Å². The number of aliphatic hydroxyl groups is 1. The fourth-order valence-corrected chi connectivity index (χ4v) is 5.82. The number of esters is 1. The number of rotatable bonds is 4. The molecule has 0 unspecified atom stereocenters. The number of benzene rings is 1. The Hall–Kier alpha value is -3.79. The minimum Gasteiger partial charge on any atom is -0.458 e. The largest absolute Gasteiger partial charge is 0.458 e. The van der Waals surface area contributed by atoms with Gasteiger partial charge in [-0.1, -0.05) is 13.8 Å². The summed E-state index contributed by atoms with van der Waals surface area (Å²) in [7, 11) is 0. The predicted octanol–water partition coefficient (Wildman–Crippen LogP) is 3.67. The average molecular weight is 508 g/mol. The second-order valence-corrected chi connectivity index (χ2v) is 9.74. The zero-order valence-corrected chi connectivity index (χ0v) is 20.6. The van der Waals surface area contributed by atoms with Crippen LogP contribution in [0.1, 0.15) is 60.9 Å². The third kappa shape index (κ3) is 3.31. The van der Waals surface area contributed by atoms with Gasteiger partial charge in [-0.25, -0.2) is 19.0 Å². The molecule has 10 heteroatoms. The summed E-state index contributed by atoms with van der Waals surface area (Å²) >= 11 is 0. The summed E-state index contributed by atoms with van der Waals surface area (Å²) in [6, 6.07) is 2.94. The third-order valence-corrected chi connectivity index (χ3v) is 7.67. The van der Waals surface area contributed by atoms with E-state index in [4.69, 9.17) is 14.5 Å². The van der Waals surface area contributed by atoms with Gasteiger partial charge in [0.1, 0.15) is 12.4 Å². The van der Waals surface area contributed by atoms with Gasteiger partial charge in [0.2, 0.25) is 0 Å². The van der Waals surface area contributed by atoms with Crippen LogP contribution in [-0.2, 0) is 45.9 Å². The van der Waals surface area contributed by atoms with Crippen molar-refractivity contribution in [3.63, 3.8) is 0 Å². The first-order chi connectivity index (χ1) is 17.8. The molecule has 0 saturated carbocycles. The van der Waals surface area contributed by atoms with Crippen LogP contribution in [0.25, 0.3) is 22.3 Å². The van der Waals surface area contributed by atoms with Crippen molar-refractivity contribution in [3.05, 3.63) is 56.1 Å². The lowest BCUT2D eigenvalue weighted by atomic mass is 9.85. The Morgan fingerprint density at radius 2 is 2.00 bits per heavy atom. The number of aryl methyl sites for hydroxylation is 2. The molecule has 1 amide bonds. The van der Waals surface area contributed by atoms with Crippen molar-refractivity contribution < 1.29 is 28.6 Å². The number of cyclic esters (lactones) is 1. The maximum absolute atomic E-state index is 15.3. The second kappa shape index (κ2) is 8.37. The highest BCUT2D eigenvalue weighted by atomic mass is 19.1. The summed E-state index contributed by atoms with van der Waals surface area (Å²) in [5.41, 5.74) is 2.27. The highest BCUT2D eigenvalue weighted by molar-refractivity contribution is 5.98. The van der Waals surface area contributed by atoms with Gasteiger partial charge in [0, 0.05) is 22.6 Å². The summed E-state index contributed by atoms with van der Waals surface area (Å²) in [6.45, 7) is 3.83. The maximum Gasteiger partial charge on any atom is 0.411 e. The SMILES string of the molecule is CCCOC(=O)Nc1c(F)cc2nc3c(c4c2c1CCC4)Cn1c-3cc2c(c1=O)COC(=O)[C@]2(O)CC. The summed E-state index contributed by atoms with van der Waals surface area (Å²) in [4.78, 5) is 42.9. The lowest BCUT2D eigenvalue weighted by Gasteiger charge is -2.31. The van der Waals surface area contributed by atoms with Crippen molar-refractivity contribution in [3.8, 4) is 11.4 Å². The molecule has 3 aromatic rings. The van der Waals surface area contributed by atoms with E-state index in [1.165, 1.54) is 6.07 Å². The Labute approximate surface area is 211 Å². The first-order valence-corrected chi connectivity index (χ1v) is 12.6. The Bertz CT molecular complexity index is 1580. The fourth-order valence-electron chi connectivity index (χ4n) is 5.82. The van der Waals surface area contributed by atoms with Gasteiger partial charge >= 0.3 is 12.1 Å². The molecular formula is C27H26FN3O6. The van der Waals surface area contributed by atoms with E-state index in [0.717, 1.165) is 22.9 Å². The summed E-state index contributed by atoms with van der Waals surface area (Å²) < 4.78 is 27.1. The number of anilines is 1. The van der Waals surface area contributed by atoms with Crippen LogP contribution in [-0.4, -0.2) is 33.3 Å². The van der Waals surface area contributed by atoms with E-state index in [1.54, 1.807) is 17.6 Å². The van der Waals surface area contributed by atoms with E-state index in [9.17, 15) is 19.5 Å². The molecule has 0 fully saturated rings. The minimum atomic E-state index is -1.91. The number of hydrogen-bond donors (Lipinski definition) is 2. The topological polar surface area (TPSA) is 120 Å².